The van der Waals surface area contributed by atoms with Crippen LogP contribution in [-0.2, 0) is 9.59 Å². The Morgan fingerprint density at radius 3 is 2.48 bits per heavy atom. The maximum atomic E-state index is 13.4. The molecule has 4 rings (SSSR count). The number of hydrogen-bond donors (Lipinski definition) is 2. The maximum absolute atomic E-state index is 13.4. The van der Waals surface area contributed by atoms with Crippen molar-refractivity contribution in [3.8, 4) is 0 Å². The Balaban J connectivity index is 1.52. The van der Waals surface area contributed by atoms with E-state index in [0.717, 1.165) is 42.9 Å². The van der Waals surface area contributed by atoms with Crippen molar-refractivity contribution in [1.82, 2.24) is 4.90 Å². The smallest absolute Gasteiger partial charge is 0.250 e. The van der Waals surface area contributed by atoms with Crippen LogP contribution in [0.15, 0.2) is 48.5 Å². The third-order valence-corrected chi connectivity index (χ3v) is 6.23. The first-order valence-corrected chi connectivity index (χ1v) is 10.3. The second-order valence-electron chi connectivity index (χ2n) is 8.15. The van der Waals surface area contributed by atoms with Gasteiger partial charge in [0.15, 0.2) is 0 Å². The fourth-order valence-corrected chi connectivity index (χ4v) is 4.47. The van der Waals surface area contributed by atoms with Gasteiger partial charge in [-0.25, -0.2) is 0 Å². The molecule has 0 aromatic heterocycles. The van der Waals surface area contributed by atoms with E-state index >= 15 is 0 Å². The number of nitrogens with two attached hydrogens (primary N) is 1. The second kappa shape index (κ2) is 7.87. The summed E-state index contributed by atoms with van der Waals surface area (Å²) in [7, 11) is 0. The number of nitrogens with one attached hydrogen (secondary N) is 1. The van der Waals surface area contributed by atoms with E-state index in [4.69, 9.17) is 0 Å². The van der Waals surface area contributed by atoms with Gasteiger partial charge in [-0.3, -0.25) is 9.59 Å². The number of benzene rings is 2. The number of quaternary nitrogens is 1. The van der Waals surface area contributed by atoms with Crippen LogP contribution in [0.25, 0.3) is 0 Å². The molecule has 0 unspecified atom stereocenters. The maximum Gasteiger partial charge on any atom is 0.250 e. The zero-order valence-corrected chi connectivity index (χ0v) is 17.1. The monoisotopic (exact) mass is 393 g/mol. The fraction of sp³-hybridized carbons (Fsp3) is 0.391. The molecule has 6 nitrogen and oxygen atoms in total. The number of hydrogen-bond acceptors (Lipinski definition) is 3. The van der Waals surface area contributed by atoms with E-state index in [1.54, 1.807) is 4.90 Å². The molecule has 2 aromatic rings. The first-order chi connectivity index (χ1) is 14.0. The zero-order chi connectivity index (χ0) is 20.4. The average molecular weight is 394 g/mol. The van der Waals surface area contributed by atoms with Crippen LogP contribution in [0.5, 0.6) is 0 Å². The van der Waals surface area contributed by atoms with Crippen molar-refractivity contribution in [2.24, 2.45) is 0 Å². The van der Waals surface area contributed by atoms with Crippen molar-refractivity contribution < 1.29 is 14.9 Å². The number of rotatable bonds is 4. The minimum absolute atomic E-state index is 0.0700. The topological polar surface area (TPSA) is 69.3 Å². The molecule has 0 aliphatic carbocycles. The van der Waals surface area contributed by atoms with Crippen molar-refractivity contribution in [3.05, 3.63) is 59.7 Å². The summed E-state index contributed by atoms with van der Waals surface area (Å²) in [6.45, 7) is 6.44. The molecule has 3 N–H and O–H groups in total. The molecule has 2 aromatic carbocycles. The Labute approximate surface area is 171 Å². The highest BCUT2D eigenvalue weighted by Gasteiger charge is 2.54. The van der Waals surface area contributed by atoms with E-state index in [1.807, 2.05) is 62.4 Å². The fourth-order valence-electron chi connectivity index (χ4n) is 4.47. The van der Waals surface area contributed by atoms with Crippen molar-refractivity contribution in [2.45, 2.75) is 32.2 Å². The zero-order valence-electron chi connectivity index (χ0n) is 17.1. The van der Waals surface area contributed by atoms with Gasteiger partial charge in [-0.05, 0) is 49.2 Å². The third-order valence-electron chi connectivity index (χ3n) is 6.23. The van der Waals surface area contributed by atoms with Crippen LogP contribution in [0.2, 0.25) is 0 Å². The van der Waals surface area contributed by atoms with Gasteiger partial charge in [0.05, 0.1) is 19.8 Å². The number of anilines is 2. The Morgan fingerprint density at radius 1 is 1.07 bits per heavy atom. The molecular formula is C23H29N4O2+. The number of para-hydroxylation sites is 1. The predicted octanol–water partition coefficient (Wildman–Crippen LogP) is 1.64. The lowest BCUT2D eigenvalue weighted by Gasteiger charge is -2.38. The Kier molecular flexibility index (Phi) is 5.28. The summed E-state index contributed by atoms with van der Waals surface area (Å²) in [4.78, 5) is 30.0. The Bertz CT molecular complexity index is 906. The number of piperidine rings is 1. The van der Waals surface area contributed by atoms with E-state index in [1.165, 1.54) is 5.56 Å². The molecule has 0 atom stereocenters. The van der Waals surface area contributed by atoms with Gasteiger partial charge in [0.2, 0.25) is 5.91 Å². The third kappa shape index (κ3) is 3.72. The van der Waals surface area contributed by atoms with E-state index in [0.29, 0.717) is 6.67 Å². The molecule has 2 amide bonds. The summed E-state index contributed by atoms with van der Waals surface area (Å²) < 4.78 is 0. The summed E-state index contributed by atoms with van der Waals surface area (Å²) in [6, 6.07) is 15.9. The summed E-state index contributed by atoms with van der Waals surface area (Å²) in [5, 5.41) is 5.21. The van der Waals surface area contributed by atoms with Crippen LogP contribution in [0.1, 0.15) is 24.0 Å². The molecule has 2 saturated heterocycles. The van der Waals surface area contributed by atoms with Gasteiger partial charge in [-0.2, -0.15) is 0 Å². The lowest BCUT2D eigenvalue weighted by molar-refractivity contribution is -0.664. The molecule has 2 aliphatic heterocycles. The van der Waals surface area contributed by atoms with Crippen molar-refractivity contribution >= 4 is 23.2 Å². The van der Waals surface area contributed by atoms with Gasteiger partial charge in [-0.1, -0.05) is 24.3 Å². The van der Waals surface area contributed by atoms with Crippen LogP contribution in [-0.4, -0.2) is 48.6 Å². The largest absolute Gasteiger partial charge is 0.346 e. The van der Waals surface area contributed by atoms with Gasteiger partial charge in [0, 0.05) is 24.2 Å². The highest BCUT2D eigenvalue weighted by atomic mass is 16.2. The van der Waals surface area contributed by atoms with Crippen LogP contribution in [0, 0.1) is 13.8 Å². The lowest BCUT2D eigenvalue weighted by Crippen LogP contribution is -2.89. The number of carbonyl (C=O) groups is 2. The summed E-state index contributed by atoms with van der Waals surface area (Å²) in [5.41, 5.74) is 3.60. The molecule has 0 radical (unpaired) electrons. The van der Waals surface area contributed by atoms with Gasteiger partial charge < -0.3 is 20.4 Å². The predicted molar refractivity (Wildman–Crippen MR) is 114 cm³/mol. The first-order valence-electron chi connectivity index (χ1n) is 10.3. The molecular weight excluding hydrogens is 364 g/mol. The van der Waals surface area contributed by atoms with E-state index in [-0.39, 0.29) is 18.4 Å². The highest BCUT2D eigenvalue weighted by molar-refractivity contribution is 5.99. The summed E-state index contributed by atoms with van der Waals surface area (Å²) in [5.74, 6) is -0.0845. The minimum Gasteiger partial charge on any atom is -0.346 e. The summed E-state index contributed by atoms with van der Waals surface area (Å²) in [6.07, 6.45) is 1.60. The molecule has 29 heavy (non-hydrogen) atoms. The normalized spacial score (nSPS) is 18.3. The quantitative estimate of drug-likeness (QED) is 0.830. The first kappa shape index (κ1) is 19.5. The Morgan fingerprint density at radius 2 is 1.79 bits per heavy atom. The average Bonchev–Trinajstić information content (AvgIpc) is 2.98. The summed E-state index contributed by atoms with van der Waals surface area (Å²) >= 11 is 0. The number of nitrogens with zero attached hydrogens (tertiary/aromatic N) is 2. The molecule has 1 spiro atoms. The van der Waals surface area contributed by atoms with Crippen LogP contribution >= 0.6 is 0 Å². The van der Waals surface area contributed by atoms with E-state index in [2.05, 4.69) is 15.5 Å². The van der Waals surface area contributed by atoms with Gasteiger partial charge in [0.1, 0.15) is 12.1 Å². The molecule has 2 heterocycles. The Hall–Kier alpha value is -2.86. The standard InChI is InChI=1S/C23H28N4O2/c1-17-8-9-19(14-18(17)2)25-21(28)15-26-16-27(20-6-4-3-5-7-20)23(22(26)29)10-12-24-13-11-23/h3-9,14,24H,10-13,15-16H2,1-2H3,(H,25,28)/p+1. The molecule has 152 valence electrons. The SMILES string of the molecule is Cc1ccc(NC(=O)CN2CN(c3ccccc3)C3(CC[NH2+]CC3)C2=O)cc1C. The van der Waals surface area contributed by atoms with Gasteiger partial charge in [-0.15, -0.1) is 0 Å². The molecule has 0 saturated carbocycles. The highest BCUT2D eigenvalue weighted by Crippen LogP contribution is 2.37. The van der Waals surface area contributed by atoms with Crippen LogP contribution in [0.3, 0.4) is 0 Å². The van der Waals surface area contributed by atoms with E-state index in [9.17, 15) is 9.59 Å². The number of carbonyl (C=O) groups excluding carboxylic acids is 2. The van der Waals surface area contributed by atoms with Crippen molar-refractivity contribution in [1.29, 1.82) is 0 Å². The van der Waals surface area contributed by atoms with Crippen molar-refractivity contribution in [2.75, 3.05) is 36.5 Å². The number of amides is 2. The number of aryl methyl sites for hydroxylation is 2. The molecule has 2 fully saturated rings. The molecule has 0 bridgehead atoms. The lowest BCUT2D eigenvalue weighted by atomic mass is 9.86. The second-order valence-corrected chi connectivity index (χ2v) is 8.15. The van der Waals surface area contributed by atoms with Crippen LogP contribution in [0.4, 0.5) is 11.4 Å². The van der Waals surface area contributed by atoms with Crippen molar-refractivity contribution in [3.63, 3.8) is 0 Å². The molecule has 6 heteroatoms. The minimum atomic E-state index is -0.531. The van der Waals surface area contributed by atoms with E-state index < -0.39 is 5.54 Å². The van der Waals surface area contributed by atoms with Gasteiger partial charge in [0.25, 0.3) is 5.91 Å². The molecule has 2 aliphatic rings. The van der Waals surface area contributed by atoms with Crippen LogP contribution < -0.4 is 15.5 Å². The van der Waals surface area contributed by atoms with Gasteiger partial charge >= 0.3 is 0 Å².